The molecule has 0 N–H and O–H groups in total. The number of carbonyl (C=O) groups excluding carboxylic acids is 3. The van der Waals surface area contributed by atoms with Crippen molar-refractivity contribution in [3.8, 4) is 0 Å². The van der Waals surface area contributed by atoms with Crippen molar-refractivity contribution in [3.05, 3.63) is 58.7 Å². The summed E-state index contributed by atoms with van der Waals surface area (Å²) in [5.41, 5.74) is -0.588. The predicted molar refractivity (Wildman–Crippen MR) is 126 cm³/mol. The quantitative estimate of drug-likeness (QED) is 0.159. The molecule has 4 rings (SSSR count). The Morgan fingerprint density at radius 2 is 1.91 bits per heavy atom. The number of hydrogen-bond donors (Lipinski definition) is 0. The second kappa shape index (κ2) is 9.56. The summed E-state index contributed by atoms with van der Waals surface area (Å²) in [4.78, 5) is 44.3. The van der Waals surface area contributed by atoms with E-state index in [1.807, 2.05) is 19.2 Å². The van der Waals surface area contributed by atoms with E-state index in [1.165, 1.54) is 5.57 Å². The Hall–Kier alpha value is -2.86. The molecule has 1 aromatic rings. The third-order valence-electron chi connectivity index (χ3n) is 6.74. The number of rotatable bonds is 11. The molecule has 1 fully saturated rings. The summed E-state index contributed by atoms with van der Waals surface area (Å²) in [6.45, 7) is 5.04. The summed E-state index contributed by atoms with van der Waals surface area (Å²) in [6, 6.07) is 6.61. The Balaban J connectivity index is 1.54. The average Bonchev–Trinajstić information content (AvgIpc) is 3.26. The van der Waals surface area contributed by atoms with Crippen molar-refractivity contribution in [1.29, 1.82) is 0 Å². The maximum atomic E-state index is 13.5. The third-order valence-corrected chi connectivity index (χ3v) is 6.74. The van der Waals surface area contributed by atoms with Crippen LogP contribution in [0.1, 0.15) is 79.5 Å². The molecule has 0 unspecified atom stereocenters. The summed E-state index contributed by atoms with van der Waals surface area (Å²) in [5, 5.41) is 0. The van der Waals surface area contributed by atoms with Gasteiger partial charge in [-0.2, -0.15) is 0 Å². The smallest absolute Gasteiger partial charge is 0.350 e. The Labute approximate surface area is 194 Å². The molecule has 3 aliphatic rings. The zero-order chi connectivity index (χ0) is 23.5. The van der Waals surface area contributed by atoms with Crippen LogP contribution in [0.4, 0.5) is 0 Å². The van der Waals surface area contributed by atoms with Gasteiger partial charge < -0.3 is 9.47 Å². The molecule has 1 aromatic carbocycles. The van der Waals surface area contributed by atoms with Crippen molar-refractivity contribution >= 4 is 23.8 Å². The minimum absolute atomic E-state index is 0.163. The number of allylic oxidation sites excluding steroid dienone is 2. The molecular formula is C27H31NO5. The number of hydrogen-bond acceptors (Lipinski definition) is 6. The van der Waals surface area contributed by atoms with Gasteiger partial charge in [0.15, 0.2) is 11.4 Å². The molecule has 0 spiro atoms. The second-order valence-electron chi connectivity index (χ2n) is 9.04. The average molecular weight is 450 g/mol. The normalized spacial score (nSPS) is 25.5. The lowest BCUT2D eigenvalue weighted by atomic mass is 9.72. The highest BCUT2D eigenvalue weighted by Crippen LogP contribution is 2.58. The van der Waals surface area contributed by atoms with Gasteiger partial charge in [0.1, 0.15) is 0 Å². The number of Topliss-reactive ketones (excluding diaryl/α,β-unsaturated/α-hetero) is 2. The van der Waals surface area contributed by atoms with Crippen molar-refractivity contribution < 1.29 is 23.9 Å². The van der Waals surface area contributed by atoms with E-state index in [0.717, 1.165) is 50.6 Å². The lowest BCUT2D eigenvalue weighted by molar-refractivity contribution is -0.148. The molecule has 0 amide bonds. The molecule has 0 bridgehead atoms. The molecule has 0 saturated carbocycles. The van der Waals surface area contributed by atoms with Gasteiger partial charge in [0.05, 0.1) is 13.2 Å². The number of ketones is 2. The first-order valence-corrected chi connectivity index (χ1v) is 11.9. The largest absolute Gasteiger partial charge is 0.463 e. The van der Waals surface area contributed by atoms with Gasteiger partial charge in [-0.05, 0) is 31.8 Å². The van der Waals surface area contributed by atoms with E-state index >= 15 is 0 Å². The van der Waals surface area contributed by atoms with Gasteiger partial charge in [-0.1, -0.05) is 68.2 Å². The van der Waals surface area contributed by atoms with Crippen molar-refractivity contribution in [3.63, 3.8) is 0 Å². The minimum atomic E-state index is -1.87. The number of aliphatic imine (C=N–C) groups is 1. The Kier molecular flexibility index (Phi) is 6.75. The zero-order valence-corrected chi connectivity index (χ0v) is 19.4. The number of epoxide rings is 1. The topological polar surface area (TPSA) is 85.3 Å². The van der Waals surface area contributed by atoms with E-state index < -0.39 is 23.0 Å². The fraction of sp³-hybridized carbons (Fsp3) is 0.481. The first kappa shape index (κ1) is 23.3. The van der Waals surface area contributed by atoms with Gasteiger partial charge in [-0.15, -0.1) is 0 Å². The van der Waals surface area contributed by atoms with Gasteiger partial charge >= 0.3 is 5.97 Å². The van der Waals surface area contributed by atoms with Gasteiger partial charge in [-0.3, -0.25) is 14.6 Å². The number of ether oxygens (including phenoxy) is 2. The Bertz CT molecular complexity index is 1050. The van der Waals surface area contributed by atoms with Crippen LogP contribution in [-0.2, 0) is 14.3 Å². The first-order chi connectivity index (χ1) is 16.0. The van der Waals surface area contributed by atoms with Crippen LogP contribution in [0, 0.1) is 0 Å². The van der Waals surface area contributed by atoms with Crippen LogP contribution in [0.2, 0.25) is 0 Å². The van der Waals surface area contributed by atoms with Crippen LogP contribution < -0.4 is 0 Å². The summed E-state index contributed by atoms with van der Waals surface area (Å²) < 4.78 is 11.4. The molecule has 174 valence electrons. The standard InChI is InChI=1S/C27H31NO5/c1-3-4-5-8-17-32-25(31)27-24(30)22-10-7-6-9-21(22)23(29)26(27,33-27)15-13-19(2)11-12-20-14-16-28-18-20/h6-7,9-10,13-14,18H,3-5,8,11-12,15-17H2,1-2H3/b19-13+/t26-,27-/m0/s1. The van der Waals surface area contributed by atoms with E-state index in [9.17, 15) is 14.4 Å². The minimum Gasteiger partial charge on any atom is -0.463 e. The molecule has 0 aromatic heterocycles. The highest BCUT2D eigenvalue weighted by Gasteiger charge is 2.85. The molecule has 0 radical (unpaired) electrons. The van der Waals surface area contributed by atoms with Crippen LogP contribution in [0.5, 0.6) is 0 Å². The van der Waals surface area contributed by atoms with Crippen molar-refractivity contribution in [2.24, 2.45) is 4.99 Å². The lowest BCUT2D eigenvalue weighted by Crippen LogP contribution is -2.50. The van der Waals surface area contributed by atoms with E-state index in [1.54, 1.807) is 24.3 Å². The molecule has 33 heavy (non-hydrogen) atoms. The highest BCUT2D eigenvalue weighted by molar-refractivity contribution is 6.32. The molecule has 6 heteroatoms. The van der Waals surface area contributed by atoms with Crippen molar-refractivity contribution in [2.75, 3.05) is 13.2 Å². The molecule has 6 nitrogen and oxygen atoms in total. The summed E-state index contributed by atoms with van der Waals surface area (Å²) >= 11 is 0. The third kappa shape index (κ3) is 4.12. The number of carbonyl (C=O) groups is 3. The van der Waals surface area contributed by atoms with Crippen LogP contribution in [0.15, 0.2) is 52.6 Å². The Morgan fingerprint density at radius 1 is 1.15 bits per heavy atom. The number of fused-ring (bicyclic) bond motifs is 2. The van der Waals surface area contributed by atoms with E-state index in [4.69, 9.17) is 9.47 Å². The van der Waals surface area contributed by atoms with E-state index in [-0.39, 0.29) is 24.4 Å². The number of unbranched alkanes of at least 4 members (excludes halogenated alkanes) is 3. The van der Waals surface area contributed by atoms with E-state index in [0.29, 0.717) is 5.56 Å². The second-order valence-corrected chi connectivity index (χ2v) is 9.04. The number of benzene rings is 1. The number of nitrogens with zero attached hydrogens (tertiary/aromatic N) is 1. The summed E-state index contributed by atoms with van der Waals surface area (Å²) in [6.07, 6.45) is 11.5. The summed E-state index contributed by atoms with van der Waals surface area (Å²) in [7, 11) is 0. The van der Waals surface area contributed by atoms with Gasteiger partial charge in [0.2, 0.25) is 5.78 Å². The van der Waals surface area contributed by atoms with Crippen molar-refractivity contribution in [1.82, 2.24) is 0 Å². The Morgan fingerprint density at radius 3 is 2.61 bits per heavy atom. The number of esters is 1. The van der Waals surface area contributed by atoms with Crippen LogP contribution in [0.3, 0.4) is 0 Å². The fourth-order valence-electron chi connectivity index (χ4n) is 4.65. The summed E-state index contributed by atoms with van der Waals surface area (Å²) in [5.74, 6) is -1.55. The molecule has 2 aliphatic heterocycles. The monoisotopic (exact) mass is 449 g/mol. The molecule has 1 aliphatic carbocycles. The SMILES string of the molecule is CCCCCCOC(=O)[C@]12O[C@@]1(C/C=C(\C)CCC1=CCN=C1)C(=O)c1ccccc1C2=O. The molecule has 1 saturated heterocycles. The highest BCUT2D eigenvalue weighted by atomic mass is 16.7. The van der Waals surface area contributed by atoms with Crippen LogP contribution in [0.25, 0.3) is 0 Å². The maximum Gasteiger partial charge on any atom is 0.350 e. The van der Waals surface area contributed by atoms with Crippen LogP contribution >= 0.6 is 0 Å². The lowest BCUT2D eigenvalue weighted by Gasteiger charge is -2.23. The first-order valence-electron chi connectivity index (χ1n) is 11.9. The predicted octanol–water partition coefficient (Wildman–Crippen LogP) is 4.82. The molecule has 2 atom stereocenters. The molecule has 2 heterocycles. The van der Waals surface area contributed by atoms with Gasteiger partial charge in [-0.25, -0.2) is 4.79 Å². The van der Waals surface area contributed by atoms with Crippen molar-refractivity contribution in [2.45, 2.75) is 70.0 Å². The zero-order valence-electron chi connectivity index (χ0n) is 19.4. The van der Waals surface area contributed by atoms with Crippen LogP contribution in [-0.4, -0.2) is 48.1 Å². The molecular weight excluding hydrogens is 418 g/mol. The van der Waals surface area contributed by atoms with Gasteiger partial charge in [0, 0.05) is 23.8 Å². The van der Waals surface area contributed by atoms with E-state index in [2.05, 4.69) is 18.0 Å². The maximum absolute atomic E-state index is 13.5. The fourth-order valence-corrected chi connectivity index (χ4v) is 4.65. The van der Waals surface area contributed by atoms with Gasteiger partial charge in [0.25, 0.3) is 5.60 Å².